The molecule has 0 spiro atoms. The molecular formula is C18H28N2O3. The van der Waals surface area contributed by atoms with E-state index in [-0.39, 0.29) is 11.8 Å². The van der Waals surface area contributed by atoms with Crippen molar-refractivity contribution in [2.45, 2.75) is 52.1 Å². The van der Waals surface area contributed by atoms with Gasteiger partial charge in [-0.1, -0.05) is 31.5 Å². The molecule has 0 saturated carbocycles. The largest absolute Gasteiger partial charge is 0.444 e. The highest BCUT2D eigenvalue weighted by Gasteiger charge is 2.25. The lowest BCUT2D eigenvalue weighted by Crippen LogP contribution is -2.30. The van der Waals surface area contributed by atoms with Crippen LogP contribution in [0.2, 0.25) is 0 Å². The average molecular weight is 320 g/mol. The highest BCUT2D eigenvalue weighted by molar-refractivity contribution is 5.90. The SMILES string of the molecule is CCCC(C(=O)N(C)C)c1ccccc1NC(=O)OC(C)(C)C. The van der Waals surface area contributed by atoms with Crippen molar-refractivity contribution in [1.29, 1.82) is 0 Å². The lowest BCUT2D eigenvalue weighted by atomic mass is 9.91. The molecule has 0 aliphatic heterocycles. The van der Waals surface area contributed by atoms with Crippen LogP contribution in [0.5, 0.6) is 0 Å². The van der Waals surface area contributed by atoms with Crippen molar-refractivity contribution in [2.75, 3.05) is 19.4 Å². The van der Waals surface area contributed by atoms with E-state index in [4.69, 9.17) is 4.74 Å². The number of carbonyl (C=O) groups is 2. The van der Waals surface area contributed by atoms with Crippen molar-refractivity contribution in [1.82, 2.24) is 4.90 Å². The molecule has 0 aromatic heterocycles. The number of likely N-dealkylation sites (N-methyl/N-ethyl adjacent to an activating group) is 1. The van der Waals surface area contributed by atoms with Crippen LogP contribution in [0.3, 0.4) is 0 Å². The second-order valence-electron chi connectivity index (χ2n) is 6.79. The van der Waals surface area contributed by atoms with Gasteiger partial charge in [-0.25, -0.2) is 4.79 Å². The van der Waals surface area contributed by atoms with Crippen LogP contribution in [0.1, 0.15) is 52.0 Å². The smallest absolute Gasteiger partial charge is 0.412 e. The van der Waals surface area contributed by atoms with Gasteiger partial charge in [-0.15, -0.1) is 0 Å². The normalized spacial score (nSPS) is 12.4. The maximum atomic E-state index is 12.5. The molecule has 23 heavy (non-hydrogen) atoms. The summed E-state index contributed by atoms with van der Waals surface area (Å²) in [5.41, 5.74) is 0.871. The van der Waals surface area contributed by atoms with Crippen LogP contribution >= 0.6 is 0 Å². The summed E-state index contributed by atoms with van der Waals surface area (Å²) in [5.74, 6) is -0.244. The van der Waals surface area contributed by atoms with Gasteiger partial charge in [0.2, 0.25) is 5.91 Å². The van der Waals surface area contributed by atoms with Gasteiger partial charge in [0.05, 0.1) is 5.92 Å². The van der Waals surface area contributed by atoms with Crippen molar-refractivity contribution >= 4 is 17.7 Å². The third-order valence-electron chi connectivity index (χ3n) is 3.29. The number of hydrogen-bond acceptors (Lipinski definition) is 3. The van der Waals surface area contributed by atoms with Gasteiger partial charge < -0.3 is 9.64 Å². The Kier molecular flexibility index (Phi) is 6.61. The minimum atomic E-state index is -0.568. The van der Waals surface area contributed by atoms with Crippen LogP contribution in [-0.2, 0) is 9.53 Å². The number of anilines is 1. The topological polar surface area (TPSA) is 58.6 Å². The molecule has 5 nitrogen and oxygen atoms in total. The van der Waals surface area contributed by atoms with Crippen LogP contribution in [0.4, 0.5) is 10.5 Å². The zero-order valence-electron chi connectivity index (χ0n) is 15.0. The number of carbonyl (C=O) groups excluding carboxylic acids is 2. The molecule has 1 unspecified atom stereocenters. The first-order chi connectivity index (χ1) is 10.7. The number of amides is 2. The van der Waals surface area contributed by atoms with E-state index in [1.54, 1.807) is 25.1 Å². The second-order valence-corrected chi connectivity index (χ2v) is 6.79. The minimum Gasteiger partial charge on any atom is -0.444 e. The summed E-state index contributed by atoms with van der Waals surface area (Å²) in [6.07, 6.45) is 1.09. The molecule has 1 aromatic carbocycles. The van der Waals surface area contributed by atoms with Gasteiger partial charge in [0.25, 0.3) is 0 Å². The zero-order valence-corrected chi connectivity index (χ0v) is 15.0. The molecule has 2 amide bonds. The summed E-state index contributed by atoms with van der Waals surface area (Å²) in [4.78, 5) is 26.1. The molecule has 0 saturated heterocycles. The predicted molar refractivity (Wildman–Crippen MR) is 92.6 cm³/mol. The van der Waals surface area contributed by atoms with Crippen LogP contribution in [0, 0.1) is 0 Å². The van der Waals surface area contributed by atoms with E-state index in [9.17, 15) is 9.59 Å². The fourth-order valence-electron chi connectivity index (χ4n) is 2.34. The summed E-state index contributed by atoms with van der Waals surface area (Å²) in [6.45, 7) is 7.48. The van der Waals surface area contributed by atoms with Crippen molar-refractivity contribution in [3.05, 3.63) is 29.8 Å². The average Bonchev–Trinajstić information content (AvgIpc) is 2.42. The summed E-state index contributed by atoms with van der Waals surface area (Å²) < 4.78 is 5.30. The van der Waals surface area contributed by atoms with Gasteiger partial charge in [-0.3, -0.25) is 10.1 Å². The van der Waals surface area contributed by atoms with Gasteiger partial charge in [0.1, 0.15) is 5.60 Å². The Hall–Kier alpha value is -2.04. The summed E-state index contributed by atoms with van der Waals surface area (Å²) >= 11 is 0. The van der Waals surface area contributed by atoms with Gasteiger partial charge in [-0.2, -0.15) is 0 Å². The molecule has 0 aliphatic rings. The number of nitrogens with one attached hydrogen (secondary N) is 1. The van der Waals surface area contributed by atoms with Crippen LogP contribution in [0.25, 0.3) is 0 Å². The first kappa shape index (κ1) is 19.0. The maximum Gasteiger partial charge on any atom is 0.412 e. The summed E-state index contributed by atoms with van der Waals surface area (Å²) in [7, 11) is 3.49. The van der Waals surface area contributed by atoms with Gasteiger partial charge in [0.15, 0.2) is 0 Å². The third kappa shape index (κ3) is 5.93. The maximum absolute atomic E-state index is 12.5. The number of para-hydroxylation sites is 1. The van der Waals surface area contributed by atoms with Crippen LogP contribution < -0.4 is 5.32 Å². The van der Waals surface area contributed by atoms with E-state index >= 15 is 0 Å². The minimum absolute atomic E-state index is 0.0327. The fraction of sp³-hybridized carbons (Fsp3) is 0.556. The molecule has 1 aromatic rings. The summed E-state index contributed by atoms with van der Waals surface area (Å²) in [6, 6.07) is 7.39. The lowest BCUT2D eigenvalue weighted by Gasteiger charge is -2.24. The Balaban J connectivity index is 3.07. The molecule has 1 N–H and O–H groups in total. The van der Waals surface area contributed by atoms with Crippen LogP contribution in [-0.4, -0.2) is 36.6 Å². The van der Waals surface area contributed by atoms with Crippen molar-refractivity contribution < 1.29 is 14.3 Å². The van der Waals surface area contributed by atoms with Gasteiger partial charge in [-0.05, 0) is 38.8 Å². The molecular weight excluding hydrogens is 292 g/mol. The molecule has 5 heteroatoms. The van der Waals surface area contributed by atoms with Crippen molar-refractivity contribution in [3.63, 3.8) is 0 Å². The third-order valence-corrected chi connectivity index (χ3v) is 3.29. The predicted octanol–water partition coefficient (Wildman–Crippen LogP) is 4.01. The van der Waals surface area contributed by atoms with Crippen LogP contribution in [0.15, 0.2) is 24.3 Å². The molecule has 0 heterocycles. The van der Waals surface area contributed by atoms with Gasteiger partial charge in [0, 0.05) is 19.8 Å². The standard InChI is InChI=1S/C18H28N2O3/c1-7-10-14(16(21)20(5)6)13-11-8-9-12-15(13)19-17(22)23-18(2,3)4/h8-9,11-12,14H,7,10H2,1-6H3,(H,19,22). The molecule has 1 rings (SSSR count). The second kappa shape index (κ2) is 7.99. The zero-order chi connectivity index (χ0) is 17.6. The van der Waals surface area contributed by atoms with E-state index in [1.807, 2.05) is 45.9 Å². The Morgan fingerprint density at radius 2 is 1.83 bits per heavy atom. The van der Waals surface area contributed by atoms with Gasteiger partial charge >= 0.3 is 6.09 Å². The number of benzene rings is 1. The number of nitrogens with zero attached hydrogens (tertiary/aromatic N) is 1. The molecule has 0 aliphatic carbocycles. The first-order valence-electron chi connectivity index (χ1n) is 7.95. The Morgan fingerprint density at radius 1 is 1.22 bits per heavy atom. The quantitative estimate of drug-likeness (QED) is 0.892. The van der Waals surface area contributed by atoms with E-state index in [2.05, 4.69) is 5.32 Å². The highest BCUT2D eigenvalue weighted by atomic mass is 16.6. The number of ether oxygens (including phenoxy) is 1. The Labute approximate surface area is 139 Å². The highest BCUT2D eigenvalue weighted by Crippen LogP contribution is 2.30. The van der Waals surface area contributed by atoms with E-state index in [1.165, 1.54) is 0 Å². The molecule has 0 radical (unpaired) electrons. The Morgan fingerprint density at radius 3 is 2.35 bits per heavy atom. The fourth-order valence-corrected chi connectivity index (χ4v) is 2.34. The number of hydrogen-bond donors (Lipinski definition) is 1. The number of rotatable bonds is 5. The molecule has 0 fully saturated rings. The van der Waals surface area contributed by atoms with E-state index < -0.39 is 11.7 Å². The Bertz CT molecular complexity index is 547. The lowest BCUT2D eigenvalue weighted by molar-refractivity contribution is -0.130. The monoisotopic (exact) mass is 320 g/mol. The molecule has 0 bridgehead atoms. The van der Waals surface area contributed by atoms with E-state index in [0.717, 1.165) is 18.4 Å². The van der Waals surface area contributed by atoms with E-state index in [0.29, 0.717) is 5.69 Å². The van der Waals surface area contributed by atoms with Crippen molar-refractivity contribution in [3.8, 4) is 0 Å². The molecule has 128 valence electrons. The van der Waals surface area contributed by atoms with Crippen molar-refractivity contribution in [2.24, 2.45) is 0 Å². The first-order valence-corrected chi connectivity index (χ1v) is 7.95. The summed E-state index contributed by atoms with van der Waals surface area (Å²) in [5, 5.41) is 2.77. The molecule has 1 atom stereocenters.